The smallest absolute Gasteiger partial charge is 0.220 e. The first kappa shape index (κ1) is 18.4. The summed E-state index contributed by atoms with van der Waals surface area (Å²) in [5, 5.41) is 3.12. The van der Waals surface area contributed by atoms with Gasteiger partial charge in [-0.05, 0) is 55.8 Å². The molecule has 3 rings (SSSR count). The number of likely N-dealkylation sites (tertiary alicyclic amines) is 1. The molecule has 1 heterocycles. The number of hydrogen-bond acceptors (Lipinski definition) is 3. The van der Waals surface area contributed by atoms with Gasteiger partial charge in [0.15, 0.2) is 0 Å². The molecule has 0 bridgehead atoms. The lowest BCUT2D eigenvalue weighted by molar-refractivity contribution is -0.122. The molecule has 2 aliphatic rings. The zero-order chi connectivity index (χ0) is 17.5. The number of nitrogens with two attached hydrogens (primary N) is 1. The number of hydrogen-bond donors (Lipinski definition) is 2. The van der Waals surface area contributed by atoms with Crippen LogP contribution in [-0.2, 0) is 17.9 Å². The highest BCUT2D eigenvalue weighted by molar-refractivity contribution is 5.76. The van der Waals surface area contributed by atoms with Crippen LogP contribution in [0.1, 0.15) is 62.5 Å². The average Bonchev–Trinajstić information content (AvgIpc) is 2.85. The van der Waals surface area contributed by atoms with Gasteiger partial charge in [-0.1, -0.05) is 43.5 Å². The standard InChI is InChI=1S/C21H33N3O/c22-20-11-7-10-17(20)14-21(25)23-15-18-8-3-4-9-19(18)16-24-12-5-1-2-6-13-24/h3-4,8-9,17,20H,1-2,5-7,10-16,22H2,(H,23,25)/t17-,20+/m0/s1. The molecule has 2 atom stereocenters. The van der Waals surface area contributed by atoms with Crippen LogP contribution in [0.25, 0.3) is 0 Å². The number of carbonyl (C=O) groups is 1. The fraction of sp³-hybridized carbons (Fsp3) is 0.667. The van der Waals surface area contributed by atoms with Crippen molar-refractivity contribution >= 4 is 5.91 Å². The molecular weight excluding hydrogens is 310 g/mol. The van der Waals surface area contributed by atoms with Crippen molar-refractivity contribution < 1.29 is 4.79 Å². The predicted molar refractivity (Wildman–Crippen MR) is 102 cm³/mol. The van der Waals surface area contributed by atoms with Gasteiger partial charge in [-0.25, -0.2) is 0 Å². The quantitative estimate of drug-likeness (QED) is 0.834. The fourth-order valence-electron chi connectivity index (χ4n) is 4.24. The summed E-state index contributed by atoms with van der Waals surface area (Å²) >= 11 is 0. The molecule has 1 aliphatic carbocycles. The Morgan fingerprint density at radius 2 is 1.76 bits per heavy atom. The summed E-state index contributed by atoms with van der Waals surface area (Å²) in [6, 6.07) is 8.74. The molecule has 0 unspecified atom stereocenters. The minimum Gasteiger partial charge on any atom is -0.352 e. The van der Waals surface area contributed by atoms with Gasteiger partial charge in [-0.15, -0.1) is 0 Å². The van der Waals surface area contributed by atoms with E-state index in [0.29, 0.717) is 18.9 Å². The van der Waals surface area contributed by atoms with Crippen molar-refractivity contribution in [3.8, 4) is 0 Å². The molecule has 3 N–H and O–H groups in total. The second kappa shape index (κ2) is 9.35. The molecule has 25 heavy (non-hydrogen) atoms. The number of amides is 1. The third-order valence-electron chi connectivity index (χ3n) is 5.85. The van der Waals surface area contributed by atoms with Gasteiger partial charge in [-0.2, -0.15) is 0 Å². The van der Waals surface area contributed by atoms with Gasteiger partial charge in [-0.3, -0.25) is 9.69 Å². The van der Waals surface area contributed by atoms with E-state index in [1.165, 1.54) is 49.9 Å². The van der Waals surface area contributed by atoms with E-state index in [4.69, 9.17) is 5.73 Å². The van der Waals surface area contributed by atoms with E-state index in [1.807, 2.05) is 0 Å². The second-order valence-corrected chi connectivity index (χ2v) is 7.79. The Kier molecular flexibility index (Phi) is 6.88. The van der Waals surface area contributed by atoms with Crippen LogP contribution in [0, 0.1) is 5.92 Å². The lowest BCUT2D eigenvalue weighted by Crippen LogP contribution is -2.31. The SMILES string of the molecule is N[C@@H]1CCC[C@H]1CC(=O)NCc1ccccc1CN1CCCCCC1. The maximum Gasteiger partial charge on any atom is 0.220 e. The van der Waals surface area contributed by atoms with Gasteiger partial charge in [0.1, 0.15) is 0 Å². The fourth-order valence-corrected chi connectivity index (χ4v) is 4.24. The van der Waals surface area contributed by atoms with Crippen LogP contribution in [0.3, 0.4) is 0 Å². The Morgan fingerprint density at radius 1 is 1.04 bits per heavy atom. The molecule has 0 aromatic heterocycles. The van der Waals surface area contributed by atoms with E-state index in [1.54, 1.807) is 0 Å². The lowest BCUT2D eigenvalue weighted by Gasteiger charge is -2.22. The molecule has 4 heteroatoms. The van der Waals surface area contributed by atoms with E-state index in [2.05, 4.69) is 34.5 Å². The van der Waals surface area contributed by atoms with Crippen LogP contribution in [-0.4, -0.2) is 29.9 Å². The number of nitrogens with one attached hydrogen (secondary N) is 1. The maximum atomic E-state index is 12.3. The summed E-state index contributed by atoms with van der Waals surface area (Å²) in [4.78, 5) is 14.8. The molecular formula is C21H33N3O. The van der Waals surface area contributed by atoms with Gasteiger partial charge >= 0.3 is 0 Å². The summed E-state index contributed by atoms with van der Waals surface area (Å²) < 4.78 is 0. The highest BCUT2D eigenvalue weighted by Gasteiger charge is 2.25. The maximum absolute atomic E-state index is 12.3. The molecule has 1 aromatic rings. The summed E-state index contributed by atoms with van der Waals surface area (Å²) in [5.74, 6) is 0.513. The highest BCUT2D eigenvalue weighted by atomic mass is 16.1. The molecule has 1 amide bonds. The monoisotopic (exact) mass is 343 g/mol. The van der Waals surface area contributed by atoms with Crippen molar-refractivity contribution in [2.24, 2.45) is 11.7 Å². The predicted octanol–water partition coefficient (Wildman–Crippen LogP) is 3.20. The van der Waals surface area contributed by atoms with Gasteiger partial charge in [0.05, 0.1) is 0 Å². The molecule has 1 saturated carbocycles. The molecule has 0 radical (unpaired) electrons. The first-order chi connectivity index (χ1) is 12.2. The lowest BCUT2D eigenvalue weighted by atomic mass is 9.99. The van der Waals surface area contributed by atoms with Crippen LogP contribution in [0.2, 0.25) is 0 Å². The number of benzene rings is 1. The van der Waals surface area contributed by atoms with Crippen LogP contribution in [0.4, 0.5) is 0 Å². The Hall–Kier alpha value is -1.39. The molecule has 1 aliphatic heterocycles. The minimum atomic E-state index is 0.145. The first-order valence-corrected chi connectivity index (χ1v) is 10.0. The Morgan fingerprint density at radius 3 is 2.44 bits per heavy atom. The Balaban J connectivity index is 1.52. The zero-order valence-corrected chi connectivity index (χ0v) is 15.4. The van der Waals surface area contributed by atoms with Crippen molar-refractivity contribution in [3.05, 3.63) is 35.4 Å². The van der Waals surface area contributed by atoms with Crippen molar-refractivity contribution in [2.45, 2.75) is 70.5 Å². The van der Waals surface area contributed by atoms with E-state index in [-0.39, 0.29) is 11.9 Å². The molecule has 4 nitrogen and oxygen atoms in total. The van der Waals surface area contributed by atoms with E-state index >= 15 is 0 Å². The van der Waals surface area contributed by atoms with Crippen LogP contribution in [0.5, 0.6) is 0 Å². The average molecular weight is 344 g/mol. The molecule has 138 valence electrons. The molecule has 1 aromatic carbocycles. The molecule has 1 saturated heterocycles. The largest absolute Gasteiger partial charge is 0.352 e. The van der Waals surface area contributed by atoms with Crippen molar-refractivity contribution in [1.82, 2.24) is 10.2 Å². The summed E-state index contributed by atoms with van der Waals surface area (Å²) in [6.07, 6.45) is 9.24. The number of carbonyl (C=O) groups excluding carboxylic acids is 1. The van der Waals surface area contributed by atoms with Crippen molar-refractivity contribution in [3.63, 3.8) is 0 Å². The Bertz CT molecular complexity index is 552. The third kappa shape index (κ3) is 5.55. The molecule has 2 fully saturated rings. The summed E-state index contributed by atoms with van der Waals surface area (Å²) in [6.45, 7) is 4.02. The van der Waals surface area contributed by atoms with E-state index in [9.17, 15) is 4.79 Å². The van der Waals surface area contributed by atoms with Crippen molar-refractivity contribution in [1.29, 1.82) is 0 Å². The topological polar surface area (TPSA) is 58.4 Å². The van der Waals surface area contributed by atoms with Gasteiger partial charge in [0.2, 0.25) is 5.91 Å². The van der Waals surface area contributed by atoms with Crippen LogP contribution in [0.15, 0.2) is 24.3 Å². The van der Waals surface area contributed by atoms with Crippen LogP contribution < -0.4 is 11.1 Å². The molecule has 0 spiro atoms. The summed E-state index contributed by atoms with van der Waals surface area (Å²) in [5.41, 5.74) is 8.69. The summed E-state index contributed by atoms with van der Waals surface area (Å²) in [7, 11) is 0. The van der Waals surface area contributed by atoms with E-state index < -0.39 is 0 Å². The van der Waals surface area contributed by atoms with Gasteiger partial charge in [0.25, 0.3) is 0 Å². The first-order valence-electron chi connectivity index (χ1n) is 10.0. The Labute approximate surface area is 152 Å². The van der Waals surface area contributed by atoms with Gasteiger partial charge in [0, 0.05) is 25.6 Å². The normalized spacial score (nSPS) is 24.8. The zero-order valence-electron chi connectivity index (χ0n) is 15.4. The second-order valence-electron chi connectivity index (χ2n) is 7.79. The van der Waals surface area contributed by atoms with E-state index in [0.717, 1.165) is 25.8 Å². The van der Waals surface area contributed by atoms with Crippen molar-refractivity contribution in [2.75, 3.05) is 13.1 Å². The minimum absolute atomic E-state index is 0.145. The highest BCUT2D eigenvalue weighted by Crippen LogP contribution is 2.26. The third-order valence-corrected chi connectivity index (χ3v) is 5.85. The number of rotatable bonds is 6. The van der Waals surface area contributed by atoms with Crippen LogP contribution >= 0.6 is 0 Å². The number of nitrogens with zero attached hydrogens (tertiary/aromatic N) is 1. The van der Waals surface area contributed by atoms with Gasteiger partial charge < -0.3 is 11.1 Å².